The third-order valence-electron chi connectivity index (χ3n) is 14.7. The van der Waals surface area contributed by atoms with Crippen molar-refractivity contribution in [3.63, 3.8) is 0 Å². The number of hydrogen-bond donors (Lipinski definition) is 0. The normalized spacial score (nSPS) is 11.8. The van der Waals surface area contributed by atoms with Crippen LogP contribution >= 0.6 is 0 Å². The van der Waals surface area contributed by atoms with Crippen molar-refractivity contribution in [2.75, 3.05) is 0 Å². The highest BCUT2D eigenvalue weighted by Gasteiger charge is 2.22. The highest BCUT2D eigenvalue weighted by molar-refractivity contribution is 6.14. The summed E-state index contributed by atoms with van der Waals surface area (Å²) in [4.78, 5) is 16.1. The summed E-state index contributed by atoms with van der Waals surface area (Å²) in [5, 5.41) is 7.19. The van der Waals surface area contributed by atoms with Gasteiger partial charge in [0, 0.05) is 54.8 Å². The number of benzene rings is 10. The van der Waals surface area contributed by atoms with Crippen LogP contribution in [0.2, 0.25) is 0 Å². The van der Waals surface area contributed by atoms with Gasteiger partial charge in [-0.05, 0) is 135 Å². The molecule has 6 nitrogen and oxygen atoms in total. The maximum absolute atomic E-state index is 5.41. The Morgan fingerprint density at radius 2 is 0.534 bits per heavy atom. The first-order valence-electron chi connectivity index (χ1n) is 25.0. The standard InChI is InChI=1S/C67H48N6/c1-41-15-29-59-53(35-41)54-36-42(2)16-30-60(54)71(59)51-27-33-63-57(39-51)58-40-52(72-61-31-17-43(3)37-55(61)56-38-44(4)18-32-62(56)72)28-34-64(58)73(63)67-69-65(49-23-19-47(20-24-49)45-11-7-5-8-12-45)68-66(70-67)50-25-21-48(22-26-50)46-13-9-6-10-14-46/h5-40H,1-4H3. The molecule has 14 aromatic rings. The number of nitrogens with zero attached hydrogens (tertiary/aromatic N) is 6. The van der Waals surface area contributed by atoms with Crippen LogP contribution in [0.25, 0.3) is 128 Å². The van der Waals surface area contributed by atoms with E-state index in [4.69, 9.17) is 15.0 Å². The molecular weight excluding hydrogens is 889 g/mol. The lowest BCUT2D eigenvalue weighted by Crippen LogP contribution is -2.06. The lowest BCUT2D eigenvalue weighted by atomic mass is 10.0. The van der Waals surface area contributed by atoms with E-state index in [0.717, 1.165) is 66.6 Å². The van der Waals surface area contributed by atoms with E-state index >= 15 is 0 Å². The molecule has 0 saturated heterocycles. The molecule has 0 saturated carbocycles. The molecule has 0 atom stereocenters. The van der Waals surface area contributed by atoms with Gasteiger partial charge in [0.2, 0.25) is 5.95 Å². The average molecular weight is 937 g/mol. The fraction of sp³-hybridized carbons (Fsp3) is 0.0597. The highest BCUT2D eigenvalue weighted by Crippen LogP contribution is 2.41. The molecule has 0 amide bonds. The third kappa shape index (κ3) is 7.05. The van der Waals surface area contributed by atoms with Crippen LogP contribution in [-0.2, 0) is 0 Å². The summed E-state index contributed by atoms with van der Waals surface area (Å²) >= 11 is 0. The minimum atomic E-state index is 0.547. The second-order valence-corrected chi connectivity index (χ2v) is 19.7. The van der Waals surface area contributed by atoms with E-state index in [1.54, 1.807) is 0 Å². The Kier molecular flexibility index (Phi) is 9.67. The Bertz CT molecular complexity index is 4100. The van der Waals surface area contributed by atoms with Crippen LogP contribution in [0.4, 0.5) is 0 Å². The molecule has 0 fully saturated rings. The molecule has 0 bridgehead atoms. The van der Waals surface area contributed by atoms with E-state index in [9.17, 15) is 0 Å². The maximum Gasteiger partial charge on any atom is 0.238 e. The number of fused-ring (bicyclic) bond motifs is 9. The van der Waals surface area contributed by atoms with Crippen molar-refractivity contribution < 1.29 is 0 Å². The van der Waals surface area contributed by atoms with E-state index < -0.39 is 0 Å². The molecule has 0 radical (unpaired) electrons. The van der Waals surface area contributed by atoms with Crippen molar-refractivity contribution in [2.45, 2.75) is 27.7 Å². The number of aryl methyl sites for hydroxylation is 4. The second kappa shape index (κ2) is 16.6. The minimum Gasteiger partial charge on any atom is -0.309 e. The first kappa shape index (κ1) is 42.5. The van der Waals surface area contributed by atoms with Crippen LogP contribution in [0.5, 0.6) is 0 Å². The second-order valence-electron chi connectivity index (χ2n) is 19.7. The van der Waals surface area contributed by atoms with Gasteiger partial charge in [-0.25, -0.2) is 4.98 Å². The van der Waals surface area contributed by atoms with Crippen LogP contribution in [0.1, 0.15) is 22.3 Å². The Balaban J connectivity index is 1.03. The number of hydrogen-bond acceptors (Lipinski definition) is 3. The van der Waals surface area contributed by atoms with Crippen molar-refractivity contribution in [3.8, 4) is 62.4 Å². The highest BCUT2D eigenvalue weighted by atomic mass is 15.2. The Labute approximate surface area is 422 Å². The lowest BCUT2D eigenvalue weighted by molar-refractivity contribution is 0.953. The van der Waals surface area contributed by atoms with E-state index in [-0.39, 0.29) is 0 Å². The quantitative estimate of drug-likeness (QED) is 0.160. The monoisotopic (exact) mass is 936 g/mol. The van der Waals surface area contributed by atoms with Crippen LogP contribution in [-0.4, -0.2) is 28.7 Å². The van der Waals surface area contributed by atoms with Crippen LogP contribution in [0.3, 0.4) is 0 Å². The Morgan fingerprint density at radius 1 is 0.247 bits per heavy atom. The molecule has 0 N–H and O–H groups in total. The zero-order chi connectivity index (χ0) is 48.9. The predicted molar refractivity (Wildman–Crippen MR) is 304 cm³/mol. The summed E-state index contributed by atoms with van der Waals surface area (Å²) < 4.78 is 7.08. The van der Waals surface area contributed by atoms with Crippen molar-refractivity contribution in [1.82, 2.24) is 28.7 Å². The molecule has 0 aliphatic rings. The van der Waals surface area contributed by atoms with Crippen molar-refractivity contribution in [3.05, 3.63) is 241 Å². The summed E-state index contributed by atoms with van der Waals surface area (Å²) in [7, 11) is 0. The van der Waals surface area contributed by atoms with E-state index in [2.05, 4.69) is 248 Å². The SMILES string of the molecule is Cc1ccc2c(c1)c1cc(C)ccc1n2-c1ccc2c(c1)c1cc(-n3c4ccc(C)cc4c4cc(C)ccc43)ccc1n2-c1nc(-c2ccc(-c3ccccc3)cc2)nc(-c2ccc(-c3ccccc3)cc2)n1. The summed E-state index contributed by atoms with van der Waals surface area (Å²) in [6.07, 6.45) is 0. The zero-order valence-corrected chi connectivity index (χ0v) is 41.0. The fourth-order valence-electron chi connectivity index (χ4n) is 11.2. The van der Waals surface area contributed by atoms with Crippen molar-refractivity contribution in [2.24, 2.45) is 0 Å². The van der Waals surface area contributed by atoms with Gasteiger partial charge in [0.05, 0.1) is 33.1 Å². The molecule has 4 aromatic heterocycles. The zero-order valence-electron chi connectivity index (χ0n) is 41.0. The Hall–Kier alpha value is -9.39. The van der Waals surface area contributed by atoms with Gasteiger partial charge in [0.25, 0.3) is 0 Å². The molecule has 0 aliphatic heterocycles. The van der Waals surface area contributed by atoms with E-state index in [0.29, 0.717) is 17.6 Å². The topological polar surface area (TPSA) is 53.5 Å². The smallest absolute Gasteiger partial charge is 0.238 e. The van der Waals surface area contributed by atoms with Crippen LogP contribution in [0, 0.1) is 27.7 Å². The molecule has 73 heavy (non-hydrogen) atoms. The predicted octanol–water partition coefficient (Wildman–Crippen LogP) is 17.1. The maximum atomic E-state index is 5.41. The molecule has 10 aromatic carbocycles. The van der Waals surface area contributed by atoms with Gasteiger partial charge < -0.3 is 9.13 Å². The summed E-state index contributed by atoms with van der Waals surface area (Å²) in [6.45, 7) is 8.70. The first-order chi connectivity index (χ1) is 35.8. The molecule has 0 aliphatic carbocycles. The summed E-state index contributed by atoms with van der Waals surface area (Å²) in [6, 6.07) is 79.0. The Morgan fingerprint density at radius 3 is 0.890 bits per heavy atom. The summed E-state index contributed by atoms with van der Waals surface area (Å²) in [5.74, 6) is 1.74. The molecule has 346 valence electrons. The average Bonchev–Trinajstić information content (AvgIpc) is 4.05. The van der Waals surface area contributed by atoms with Crippen LogP contribution in [0.15, 0.2) is 218 Å². The molecule has 14 rings (SSSR count). The largest absolute Gasteiger partial charge is 0.309 e. The number of aromatic nitrogens is 6. The van der Waals surface area contributed by atoms with Crippen molar-refractivity contribution in [1.29, 1.82) is 0 Å². The van der Waals surface area contributed by atoms with Crippen LogP contribution < -0.4 is 0 Å². The molecule has 6 heteroatoms. The number of rotatable bonds is 7. The first-order valence-corrected chi connectivity index (χ1v) is 25.0. The lowest BCUT2D eigenvalue weighted by Gasteiger charge is -2.13. The summed E-state index contributed by atoms with van der Waals surface area (Å²) in [5.41, 5.74) is 20.2. The van der Waals surface area contributed by atoms with E-state index in [1.807, 2.05) is 12.1 Å². The molecule has 4 heterocycles. The minimum absolute atomic E-state index is 0.547. The van der Waals surface area contributed by atoms with Gasteiger partial charge in [-0.1, -0.05) is 156 Å². The van der Waals surface area contributed by atoms with Gasteiger partial charge in [-0.3, -0.25) is 4.57 Å². The molecular formula is C67H48N6. The van der Waals surface area contributed by atoms with Gasteiger partial charge >= 0.3 is 0 Å². The van der Waals surface area contributed by atoms with Gasteiger partial charge in [-0.2, -0.15) is 9.97 Å². The molecule has 0 unspecified atom stereocenters. The molecule has 0 spiro atoms. The van der Waals surface area contributed by atoms with Crippen molar-refractivity contribution >= 4 is 65.4 Å². The van der Waals surface area contributed by atoms with Gasteiger partial charge in [-0.15, -0.1) is 0 Å². The fourth-order valence-corrected chi connectivity index (χ4v) is 11.2. The van der Waals surface area contributed by atoms with E-state index in [1.165, 1.54) is 65.9 Å². The van der Waals surface area contributed by atoms with Gasteiger partial charge in [0.1, 0.15) is 0 Å². The third-order valence-corrected chi connectivity index (χ3v) is 14.7. The van der Waals surface area contributed by atoms with Gasteiger partial charge in [0.15, 0.2) is 11.6 Å².